The summed E-state index contributed by atoms with van der Waals surface area (Å²) in [5.74, 6) is 3.47. The fourth-order valence-corrected chi connectivity index (χ4v) is 4.99. The number of rotatable bonds is 7. The Bertz CT molecular complexity index is 1540. The van der Waals surface area contributed by atoms with Gasteiger partial charge in [-0.25, -0.2) is 18.7 Å². The smallest absolute Gasteiger partial charge is 0.298 e. The van der Waals surface area contributed by atoms with Crippen molar-refractivity contribution in [2.45, 2.75) is 51.5 Å². The fraction of sp³-hybridized carbons (Fsp3) is 0.333. The zero-order valence-electron chi connectivity index (χ0n) is 22.3. The molecule has 2 aliphatic rings. The van der Waals surface area contributed by atoms with Crippen molar-refractivity contribution in [1.29, 1.82) is 0 Å². The summed E-state index contributed by atoms with van der Waals surface area (Å²) in [5.41, 5.74) is 8.05. The lowest BCUT2D eigenvalue weighted by molar-refractivity contribution is -0.126. The summed E-state index contributed by atoms with van der Waals surface area (Å²) in [5, 5.41) is 2.63. The minimum atomic E-state index is -0.695. The number of nitrogens with zero attached hydrogens (tertiary/aromatic N) is 3. The molecule has 2 amide bonds. The van der Waals surface area contributed by atoms with E-state index in [0.29, 0.717) is 23.6 Å². The van der Waals surface area contributed by atoms with E-state index in [1.54, 1.807) is 24.8 Å². The lowest BCUT2D eigenvalue weighted by Gasteiger charge is -2.23. The first kappa shape index (κ1) is 27.1. The van der Waals surface area contributed by atoms with Gasteiger partial charge in [-0.05, 0) is 86.8 Å². The second kappa shape index (κ2) is 11.3. The minimum Gasteiger partial charge on any atom is -0.485 e. The summed E-state index contributed by atoms with van der Waals surface area (Å²) in [4.78, 5) is 35.3. The number of nitrogens with one attached hydrogen (secondary N) is 1. The van der Waals surface area contributed by atoms with E-state index in [4.69, 9.17) is 10.5 Å². The second-order valence-electron chi connectivity index (χ2n) is 10.0. The van der Waals surface area contributed by atoms with Gasteiger partial charge in [0, 0.05) is 17.8 Å². The first-order chi connectivity index (χ1) is 19.3. The molecule has 2 aromatic carbocycles. The molecule has 1 saturated heterocycles. The molecule has 8 nitrogen and oxygen atoms in total. The van der Waals surface area contributed by atoms with Crippen LogP contribution in [0.2, 0.25) is 0 Å². The van der Waals surface area contributed by atoms with Crippen LogP contribution >= 0.6 is 0 Å². The SMILES string of the molecule is CC#CC(=O)N1CCCC1COc1c(N)ncnc1-c1cc(F)cc(NC(=O)c2ccc(C3CC3)cc2F)c1C. The van der Waals surface area contributed by atoms with Crippen molar-refractivity contribution < 1.29 is 23.1 Å². The number of aromatic nitrogens is 2. The number of halogens is 2. The highest BCUT2D eigenvalue weighted by Crippen LogP contribution is 2.41. The summed E-state index contributed by atoms with van der Waals surface area (Å²) < 4.78 is 35.6. The van der Waals surface area contributed by atoms with Crippen LogP contribution in [0.15, 0.2) is 36.7 Å². The number of carbonyl (C=O) groups is 2. The molecule has 0 spiro atoms. The van der Waals surface area contributed by atoms with Crippen molar-refractivity contribution >= 4 is 23.3 Å². The number of ether oxygens (including phenoxy) is 1. The lowest BCUT2D eigenvalue weighted by atomic mass is 10.0. The monoisotopic (exact) mass is 545 g/mol. The Morgan fingerprint density at radius 1 is 1.18 bits per heavy atom. The standard InChI is InChI=1S/C30H29F2N5O3/c1-3-5-26(38)37-11-4-6-21(37)15-40-28-27(34-16-35-29(28)33)23-13-20(31)14-25(17(23)2)36-30(39)22-10-9-19(12-24(22)32)18-7-8-18/h9-10,12-14,16,18,21H,4,6-8,11,15H2,1-2H3,(H,36,39)(H2,33,34,35). The van der Waals surface area contributed by atoms with Crippen molar-refractivity contribution in [1.82, 2.24) is 14.9 Å². The molecule has 1 aliphatic heterocycles. The van der Waals surface area contributed by atoms with Gasteiger partial charge < -0.3 is 20.7 Å². The van der Waals surface area contributed by atoms with Gasteiger partial charge in [0.1, 0.15) is 30.3 Å². The number of hydrogen-bond acceptors (Lipinski definition) is 6. The van der Waals surface area contributed by atoms with Crippen LogP contribution < -0.4 is 15.8 Å². The lowest BCUT2D eigenvalue weighted by Crippen LogP contribution is -2.38. The Kier molecular flexibility index (Phi) is 7.65. The highest BCUT2D eigenvalue weighted by Gasteiger charge is 2.30. The van der Waals surface area contributed by atoms with Gasteiger partial charge in [0.15, 0.2) is 11.6 Å². The quantitative estimate of drug-likeness (QED) is 0.412. The van der Waals surface area contributed by atoms with E-state index in [1.807, 2.05) is 0 Å². The van der Waals surface area contributed by atoms with Crippen LogP contribution in [-0.4, -0.2) is 45.9 Å². The molecule has 2 heterocycles. The van der Waals surface area contributed by atoms with Gasteiger partial charge in [0.25, 0.3) is 11.8 Å². The first-order valence-electron chi connectivity index (χ1n) is 13.1. The molecule has 1 atom stereocenters. The van der Waals surface area contributed by atoms with Crippen LogP contribution in [-0.2, 0) is 4.79 Å². The zero-order valence-corrected chi connectivity index (χ0v) is 22.3. The molecule has 5 rings (SSSR count). The van der Waals surface area contributed by atoms with Crippen LogP contribution in [0.5, 0.6) is 5.75 Å². The van der Waals surface area contributed by atoms with E-state index < -0.39 is 17.5 Å². The van der Waals surface area contributed by atoms with Gasteiger partial charge in [0.2, 0.25) is 0 Å². The van der Waals surface area contributed by atoms with Gasteiger partial charge in [-0.2, -0.15) is 0 Å². The van der Waals surface area contributed by atoms with Gasteiger partial charge in [0.05, 0.1) is 11.6 Å². The number of nitrogen functional groups attached to an aromatic ring is 1. The van der Waals surface area contributed by atoms with Gasteiger partial charge >= 0.3 is 0 Å². The van der Waals surface area contributed by atoms with Crippen LogP contribution in [0.3, 0.4) is 0 Å². The molecule has 1 unspecified atom stereocenters. The van der Waals surface area contributed by atoms with Crippen LogP contribution in [0.4, 0.5) is 20.3 Å². The molecular weight excluding hydrogens is 516 g/mol. The molecule has 0 radical (unpaired) electrons. The molecule has 2 fully saturated rings. The maximum Gasteiger partial charge on any atom is 0.298 e. The third-order valence-electron chi connectivity index (χ3n) is 7.28. The average Bonchev–Trinajstić information content (AvgIpc) is 3.67. The Hall–Kier alpha value is -4.52. The summed E-state index contributed by atoms with van der Waals surface area (Å²) >= 11 is 0. The van der Waals surface area contributed by atoms with E-state index in [0.717, 1.165) is 37.3 Å². The number of hydrogen-bond donors (Lipinski definition) is 2. The maximum atomic E-state index is 14.9. The minimum absolute atomic E-state index is 0.0429. The predicted molar refractivity (Wildman–Crippen MR) is 147 cm³/mol. The van der Waals surface area contributed by atoms with Gasteiger partial charge in [-0.3, -0.25) is 9.59 Å². The molecule has 1 aliphatic carbocycles. The molecule has 1 saturated carbocycles. The van der Waals surface area contributed by atoms with E-state index in [1.165, 1.54) is 24.5 Å². The van der Waals surface area contributed by atoms with Crippen molar-refractivity contribution in [3.05, 3.63) is 65.0 Å². The normalized spacial score (nSPS) is 16.3. The summed E-state index contributed by atoms with van der Waals surface area (Å²) in [6.07, 6.45) is 4.81. The van der Waals surface area contributed by atoms with Crippen molar-refractivity contribution in [3.8, 4) is 28.8 Å². The van der Waals surface area contributed by atoms with Crippen LogP contribution in [0, 0.1) is 30.4 Å². The molecule has 206 valence electrons. The van der Waals surface area contributed by atoms with E-state index in [9.17, 15) is 18.4 Å². The number of nitrogens with two attached hydrogens (primary N) is 1. The molecule has 1 aromatic heterocycles. The van der Waals surface area contributed by atoms with Crippen molar-refractivity contribution in [2.24, 2.45) is 0 Å². The van der Waals surface area contributed by atoms with Crippen LogP contribution in [0.25, 0.3) is 11.3 Å². The molecular formula is C30H29F2N5O3. The van der Waals surface area contributed by atoms with E-state index in [-0.39, 0.29) is 47.1 Å². The Morgan fingerprint density at radius 2 is 1.98 bits per heavy atom. The van der Waals surface area contributed by atoms with Gasteiger partial charge in [-0.15, -0.1) is 0 Å². The summed E-state index contributed by atoms with van der Waals surface area (Å²) in [6, 6.07) is 6.79. The average molecular weight is 546 g/mol. The Morgan fingerprint density at radius 3 is 2.70 bits per heavy atom. The third-order valence-corrected chi connectivity index (χ3v) is 7.28. The predicted octanol–water partition coefficient (Wildman–Crippen LogP) is 4.84. The highest BCUT2D eigenvalue weighted by molar-refractivity contribution is 6.05. The summed E-state index contributed by atoms with van der Waals surface area (Å²) in [6.45, 7) is 3.98. The van der Waals surface area contributed by atoms with E-state index >= 15 is 0 Å². The number of amides is 2. The van der Waals surface area contributed by atoms with Crippen molar-refractivity contribution in [2.75, 3.05) is 24.2 Å². The first-order valence-corrected chi connectivity index (χ1v) is 13.1. The zero-order chi connectivity index (χ0) is 28.4. The fourth-order valence-electron chi connectivity index (χ4n) is 4.99. The molecule has 3 aromatic rings. The Labute approximate surface area is 230 Å². The number of anilines is 2. The van der Waals surface area contributed by atoms with Gasteiger partial charge in [-0.1, -0.05) is 12.0 Å². The molecule has 0 bridgehead atoms. The summed E-state index contributed by atoms with van der Waals surface area (Å²) in [7, 11) is 0. The highest BCUT2D eigenvalue weighted by atomic mass is 19.1. The third kappa shape index (κ3) is 5.59. The number of likely N-dealkylation sites (tertiary alicyclic amines) is 1. The molecule has 10 heteroatoms. The number of benzene rings is 2. The molecule has 40 heavy (non-hydrogen) atoms. The molecule has 3 N–H and O–H groups in total. The number of carbonyl (C=O) groups excluding carboxylic acids is 2. The van der Waals surface area contributed by atoms with E-state index in [2.05, 4.69) is 27.1 Å². The largest absolute Gasteiger partial charge is 0.485 e. The topological polar surface area (TPSA) is 110 Å². The second-order valence-corrected chi connectivity index (χ2v) is 10.0. The maximum absolute atomic E-state index is 14.9. The Balaban J connectivity index is 1.41. The van der Waals surface area contributed by atoms with Crippen LogP contribution in [0.1, 0.15) is 60.0 Å². The van der Waals surface area contributed by atoms with Crippen molar-refractivity contribution in [3.63, 3.8) is 0 Å².